The minimum Gasteiger partial charge on any atom is -0.389 e. The Balaban J connectivity index is 1.82. The molecule has 0 aliphatic heterocycles. The number of aliphatic hydroxyl groups is 2. The van der Waals surface area contributed by atoms with Crippen LogP contribution in [0.4, 0.5) is 5.82 Å². The number of anilines is 1. The van der Waals surface area contributed by atoms with E-state index in [9.17, 15) is 19.8 Å². The van der Waals surface area contributed by atoms with Gasteiger partial charge in [-0.1, -0.05) is 13.3 Å². The standard InChI is InChI=1S/C26H32N4O4/c1-5-6-22(31)20-9-15(2)19(13-27-20)18-10-17-12-28-23(29-24(32)16-7-8-16)11-21(17)30(25(18)33)14-26(3,4)34/h9-13,16,22,31,34H,5-8,14H2,1-4H3,(H,28,29,32). The van der Waals surface area contributed by atoms with E-state index < -0.39 is 11.7 Å². The van der Waals surface area contributed by atoms with Crippen LogP contribution in [0.15, 0.2) is 35.4 Å². The van der Waals surface area contributed by atoms with Gasteiger partial charge in [0.2, 0.25) is 5.91 Å². The fraction of sp³-hybridized carbons (Fsp3) is 0.462. The minimum absolute atomic E-state index is 0.0349. The summed E-state index contributed by atoms with van der Waals surface area (Å²) in [7, 11) is 0. The molecule has 0 saturated heterocycles. The molecule has 4 rings (SSSR count). The zero-order valence-corrected chi connectivity index (χ0v) is 20.1. The predicted molar refractivity (Wildman–Crippen MR) is 131 cm³/mol. The molecule has 1 unspecified atom stereocenters. The topological polar surface area (TPSA) is 117 Å². The number of hydrogen-bond acceptors (Lipinski definition) is 6. The van der Waals surface area contributed by atoms with Crippen LogP contribution in [0.3, 0.4) is 0 Å². The number of rotatable bonds is 8. The molecule has 0 aromatic carbocycles. The second-order valence-electron chi connectivity index (χ2n) is 9.88. The maximum atomic E-state index is 13.7. The number of carbonyl (C=O) groups is 1. The molecule has 8 nitrogen and oxygen atoms in total. The monoisotopic (exact) mass is 464 g/mol. The van der Waals surface area contributed by atoms with E-state index in [0.29, 0.717) is 40.0 Å². The lowest BCUT2D eigenvalue weighted by Gasteiger charge is -2.22. The molecule has 3 aromatic heterocycles. The highest BCUT2D eigenvalue weighted by Gasteiger charge is 2.30. The molecule has 0 spiro atoms. The van der Waals surface area contributed by atoms with Gasteiger partial charge in [0, 0.05) is 40.9 Å². The van der Waals surface area contributed by atoms with Crippen molar-refractivity contribution in [2.45, 2.75) is 71.6 Å². The lowest BCUT2D eigenvalue weighted by atomic mass is 10.00. The molecule has 34 heavy (non-hydrogen) atoms. The first kappa shape index (κ1) is 24.0. The quantitative estimate of drug-likeness (QED) is 0.468. The highest BCUT2D eigenvalue weighted by Crippen LogP contribution is 2.31. The molecule has 3 heterocycles. The maximum Gasteiger partial charge on any atom is 0.259 e. The molecule has 1 atom stereocenters. The number of aryl methyl sites for hydroxylation is 1. The van der Waals surface area contributed by atoms with Gasteiger partial charge in [-0.05, 0) is 57.7 Å². The van der Waals surface area contributed by atoms with Gasteiger partial charge in [0.15, 0.2) is 0 Å². The number of aliphatic hydroxyl groups excluding tert-OH is 1. The molecule has 3 aromatic rings. The summed E-state index contributed by atoms with van der Waals surface area (Å²) >= 11 is 0. The van der Waals surface area contributed by atoms with Gasteiger partial charge in [0.25, 0.3) is 5.56 Å². The molecule has 0 radical (unpaired) electrons. The van der Waals surface area contributed by atoms with Crippen LogP contribution in [0.5, 0.6) is 0 Å². The van der Waals surface area contributed by atoms with Crippen molar-refractivity contribution in [1.29, 1.82) is 0 Å². The van der Waals surface area contributed by atoms with Crippen LogP contribution in [0.25, 0.3) is 22.0 Å². The number of carbonyl (C=O) groups excluding carboxylic acids is 1. The van der Waals surface area contributed by atoms with Crippen molar-refractivity contribution in [2.75, 3.05) is 5.32 Å². The van der Waals surface area contributed by atoms with Crippen LogP contribution >= 0.6 is 0 Å². The summed E-state index contributed by atoms with van der Waals surface area (Å²) in [6, 6.07) is 5.26. The normalized spacial score (nSPS) is 14.9. The fourth-order valence-corrected chi connectivity index (χ4v) is 4.11. The largest absolute Gasteiger partial charge is 0.389 e. The van der Waals surface area contributed by atoms with Gasteiger partial charge in [-0.2, -0.15) is 0 Å². The summed E-state index contributed by atoms with van der Waals surface area (Å²) < 4.78 is 1.53. The second-order valence-corrected chi connectivity index (χ2v) is 9.88. The van der Waals surface area contributed by atoms with Gasteiger partial charge in [-0.25, -0.2) is 4.98 Å². The Hall–Kier alpha value is -3.10. The third-order valence-electron chi connectivity index (χ3n) is 6.05. The summed E-state index contributed by atoms with van der Waals surface area (Å²) in [6.45, 7) is 7.24. The number of pyridine rings is 3. The van der Waals surface area contributed by atoms with Gasteiger partial charge in [-0.15, -0.1) is 0 Å². The van der Waals surface area contributed by atoms with E-state index in [1.54, 1.807) is 38.4 Å². The molecule has 1 aliphatic rings. The average Bonchev–Trinajstić information content (AvgIpc) is 3.61. The number of nitrogens with zero attached hydrogens (tertiary/aromatic N) is 3. The third kappa shape index (κ3) is 5.18. The van der Waals surface area contributed by atoms with E-state index in [-0.39, 0.29) is 23.9 Å². The van der Waals surface area contributed by atoms with E-state index >= 15 is 0 Å². The van der Waals surface area contributed by atoms with Crippen molar-refractivity contribution in [1.82, 2.24) is 14.5 Å². The molecule has 1 amide bonds. The highest BCUT2D eigenvalue weighted by atomic mass is 16.3. The van der Waals surface area contributed by atoms with Gasteiger partial charge in [0.1, 0.15) is 5.82 Å². The Morgan fingerprint density at radius 3 is 2.56 bits per heavy atom. The number of amides is 1. The summed E-state index contributed by atoms with van der Waals surface area (Å²) in [5.74, 6) is 0.354. The van der Waals surface area contributed by atoms with Crippen LogP contribution in [0.2, 0.25) is 0 Å². The van der Waals surface area contributed by atoms with E-state index in [1.165, 1.54) is 4.57 Å². The van der Waals surface area contributed by atoms with E-state index in [1.807, 2.05) is 19.9 Å². The fourth-order valence-electron chi connectivity index (χ4n) is 4.11. The van der Waals surface area contributed by atoms with Crippen LogP contribution in [-0.4, -0.2) is 36.3 Å². The van der Waals surface area contributed by atoms with Gasteiger partial charge < -0.3 is 20.1 Å². The third-order valence-corrected chi connectivity index (χ3v) is 6.05. The van der Waals surface area contributed by atoms with Gasteiger partial charge >= 0.3 is 0 Å². The van der Waals surface area contributed by atoms with Crippen molar-refractivity contribution in [2.24, 2.45) is 5.92 Å². The number of aromatic nitrogens is 3. The molecule has 8 heteroatoms. The maximum absolute atomic E-state index is 13.7. The van der Waals surface area contributed by atoms with E-state index in [0.717, 1.165) is 24.8 Å². The first-order chi connectivity index (χ1) is 16.1. The molecule has 1 saturated carbocycles. The minimum atomic E-state index is -1.14. The molecule has 0 bridgehead atoms. The van der Waals surface area contributed by atoms with Crippen molar-refractivity contribution >= 4 is 22.6 Å². The molecule has 1 fully saturated rings. The zero-order chi connectivity index (χ0) is 24.6. The molecule has 3 N–H and O–H groups in total. The smallest absolute Gasteiger partial charge is 0.259 e. The Morgan fingerprint density at radius 2 is 1.94 bits per heavy atom. The molecular formula is C26H32N4O4. The van der Waals surface area contributed by atoms with Crippen LogP contribution in [0, 0.1) is 12.8 Å². The van der Waals surface area contributed by atoms with Crippen molar-refractivity contribution in [3.05, 3.63) is 52.2 Å². The summed E-state index contributed by atoms with van der Waals surface area (Å²) in [5, 5.41) is 24.4. The van der Waals surface area contributed by atoms with Crippen LogP contribution in [0.1, 0.15) is 63.8 Å². The summed E-state index contributed by atoms with van der Waals surface area (Å²) in [5.41, 5.74) is 1.68. The summed E-state index contributed by atoms with van der Waals surface area (Å²) in [4.78, 5) is 34.7. The van der Waals surface area contributed by atoms with Crippen molar-refractivity contribution in [3.8, 4) is 11.1 Å². The van der Waals surface area contributed by atoms with Crippen LogP contribution in [-0.2, 0) is 11.3 Å². The van der Waals surface area contributed by atoms with Crippen molar-refractivity contribution in [3.63, 3.8) is 0 Å². The first-order valence-electron chi connectivity index (χ1n) is 11.8. The van der Waals surface area contributed by atoms with Crippen molar-refractivity contribution < 1.29 is 15.0 Å². The Kier molecular flexibility index (Phi) is 6.55. The molecular weight excluding hydrogens is 432 g/mol. The van der Waals surface area contributed by atoms with E-state index in [4.69, 9.17) is 0 Å². The molecule has 1 aliphatic carbocycles. The van der Waals surface area contributed by atoms with Gasteiger partial charge in [0.05, 0.1) is 29.5 Å². The summed E-state index contributed by atoms with van der Waals surface area (Å²) in [6.07, 6.45) is 5.83. The van der Waals surface area contributed by atoms with E-state index in [2.05, 4.69) is 15.3 Å². The second kappa shape index (κ2) is 9.27. The molecule has 180 valence electrons. The van der Waals surface area contributed by atoms with Gasteiger partial charge in [-0.3, -0.25) is 14.6 Å². The zero-order valence-electron chi connectivity index (χ0n) is 20.1. The number of nitrogens with one attached hydrogen (secondary N) is 1. The Labute approximate surface area is 198 Å². The predicted octanol–water partition coefficient (Wildman–Crippen LogP) is 3.72. The Morgan fingerprint density at radius 1 is 1.21 bits per heavy atom. The lowest BCUT2D eigenvalue weighted by Crippen LogP contribution is -2.33. The number of hydrogen-bond donors (Lipinski definition) is 3. The van der Waals surface area contributed by atoms with Crippen LogP contribution < -0.4 is 10.9 Å². The first-order valence-corrected chi connectivity index (χ1v) is 11.8. The number of fused-ring (bicyclic) bond motifs is 1. The Bertz CT molecular complexity index is 1290. The average molecular weight is 465 g/mol. The lowest BCUT2D eigenvalue weighted by molar-refractivity contribution is -0.117. The highest BCUT2D eigenvalue weighted by molar-refractivity contribution is 5.95. The SMILES string of the molecule is CCCC(O)c1cc(C)c(-c2cc3cnc(NC(=O)C4CC4)cc3n(CC(C)(C)O)c2=O)cn1.